The number of anilines is 2. The van der Waals surface area contributed by atoms with Gasteiger partial charge in [0.15, 0.2) is 11.5 Å². The molecule has 0 saturated carbocycles. The molecule has 1 saturated heterocycles. The van der Waals surface area contributed by atoms with E-state index in [1.54, 1.807) is 20.5 Å². The lowest BCUT2D eigenvalue weighted by molar-refractivity contribution is 0.0398. The lowest BCUT2D eigenvalue weighted by Crippen LogP contribution is -2.39. The summed E-state index contributed by atoms with van der Waals surface area (Å²) in [7, 11) is 3.29. The molecule has 8 nitrogen and oxygen atoms in total. The molecule has 1 aliphatic heterocycles. The SMILES string of the molecule is COc1ccc(CCNc2cc(NCCN3CCOCC3)ncn2)cc1OC. The Morgan fingerprint density at radius 2 is 1.68 bits per heavy atom. The molecular formula is C20H29N5O3. The Hall–Kier alpha value is -2.58. The normalized spacial score (nSPS) is 14.5. The smallest absolute Gasteiger partial charge is 0.160 e. The molecule has 0 spiro atoms. The van der Waals surface area contributed by atoms with Crippen LogP contribution in [0.4, 0.5) is 11.6 Å². The molecule has 8 heteroatoms. The second kappa shape index (κ2) is 10.7. The molecule has 2 N–H and O–H groups in total. The Morgan fingerprint density at radius 1 is 0.964 bits per heavy atom. The molecule has 0 atom stereocenters. The molecule has 1 aromatic carbocycles. The summed E-state index contributed by atoms with van der Waals surface area (Å²) in [6, 6.07) is 7.91. The number of aromatic nitrogens is 2. The highest BCUT2D eigenvalue weighted by Gasteiger charge is 2.09. The van der Waals surface area contributed by atoms with Gasteiger partial charge >= 0.3 is 0 Å². The molecular weight excluding hydrogens is 358 g/mol. The average Bonchev–Trinajstić information content (AvgIpc) is 2.75. The zero-order valence-electron chi connectivity index (χ0n) is 16.6. The first-order chi connectivity index (χ1) is 13.8. The zero-order valence-corrected chi connectivity index (χ0v) is 16.6. The van der Waals surface area contributed by atoms with Gasteiger partial charge in [0, 0.05) is 38.8 Å². The first-order valence-electron chi connectivity index (χ1n) is 9.59. The molecule has 2 heterocycles. The first-order valence-corrected chi connectivity index (χ1v) is 9.59. The number of benzene rings is 1. The van der Waals surface area contributed by atoms with Crippen LogP contribution in [0.25, 0.3) is 0 Å². The number of hydrogen-bond donors (Lipinski definition) is 2. The maximum atomic E-state index is 5.37. The fourth-order valence-corrected chi connectivity index (χ4v) is 3.09. The average molecular weight is 387 g/mol. The van der Waals surface area contributed by atoms with E-state index < -0.39 is 0 Å². The van der Waals surface area contributed by atoms with Gasteiger partial charge in [-0.25, -0.2) is 9.97 Å². The van der Waals surface area contributed by atoms with Crippen molar-refractivity contribution in [3.05, 3.63) is 36.2 Å². The van der Waals surface area contributed by atoms with Crippen LogP contribution in [0.1, 0.15) is 5.56 Å². The molecule has 2 aromatic rings. The lowest BCUT2D eigenvalue weighted by Gasteiger charge is -2.26. The third-order valence-electron chi connectivity index (χ3n) is 4.67. The highest BCUT2D eigenvalue weighted by Crippen LogP contribution is 2.27. The molecule has 3 rings (SSSR count). The van der Waals surface area contributed by atoms with Crippen molar-refractivity contribution in [2.45, 2.75) is 6.42 Å². The monoisotopic (exact) mass is 387 g/mol. The fourth-order valence-electron chi connectivity index (χ4n) is 3.09. The maximum Gasteiger partial charge on any atom is 0.160 e. The molecule has 28 heavy (non-hydrogen) atoms. The largest absolute Gasteiger partial charge is 0.493 e. The van der Waals surface area contributed by atoms with Gasteiger partial charge in [0.25, 0.3) is 0 Å². The van der Waals surface area contributed by atoms with Crippen LogP contribution < -0.4 is 20.1 Å². The molecule has 1 aromatic heterocycles. The van der Waals surface area contributed by atoms with Gasteiger partial charge in [0.2, 0.25) is 0 Å². The van der Waals surface area contributed by atoms with Crippen LogP contribution in [-0.2, 0) is 11.2 Å². The minimum Gasteiger partial charge on any atom is -0.493 e. The van der Waals surface area contributed by atoms with Gasteiger partial charge < -0.3 is 24.8 Å². The Kier molecular flexibility index (Phi) is 7.69. The van der Waals surface area contributed by atoms with Crippen LogP contribution >= 0.6 is 0 Å². The van der Waals surface area contributed by atoms with Crippen LogP contribution in [0.2, 0.25) is 0 Å². The van der Waals surface area contributed by atoms with Crippen molar-refractivity contribution >= 4 is 11.6 Å². The third kappa shape index (κ3) is 5.97. The van der Waals surface area contributed by atoms with Crippen LogP contribution in [0.15, 0.2) is 30.6 Å². The molecule has 0 radical (unpaired) electrons. The van der Waals surface area contributed by atoms with Gasteiger partial charge in [0.1, 0.15) is 18.0 Å². The molecule has 0 amide bonds. The second-order valence-electron chi connectivity index (χ2n) is 6.54. The summed E-state index contributed by atoms with van der Waals surface area (Å²) in [5.74, 6) is 3.12. The standard InChI is InChI=1S/C20H29N5O3/c1-26-17-4-3-16(13-18(17)27-2)5-6-21-19-14-20(24-15-23-19)22-7-8-25-9-11-28-12-10-25/h3-4,13-15H,5-12H2,1-2H3,(H2,21,22,23,24). The number of nitrogens with zero attached hydrogens (tertiary/aromatic N) is 3. The maximum absolute atomic E-state index is 5.37. The summed E-state index contributed by atoms with van der Waals surface area (Å²) in [6.07, 6.45) is 2.43. The summed E-state index contributed by atoms with van der Waals surface area (Å²) in [5, 5.41) is 6.71. The van der Waals surface area contributed by atoms with E-state index in [0.29, 0.717) is 0 Å². The molecule has 0 bridgehead atoms. The lowest BCUT2D eigenvalue weighted by atomic mass is 10.1. The van der Waals surface area contributed by atoms with Crippen LogP contribution in [0.5, 0.6) is 11.5 Å². The fraction of sp³-hybridized carbons (Fsp3) is 0.500. The third-order valence-corrected chi connectivity index (χ3v) is 4.67. The molecule has 0 aliphatic carbocycles. The number of ether oxygens (including phenoxy) is 3. The number of rotatable bonds is 10. The van der Waals surface area contributed by atoms with E-state index in [4.69, 9.17) is 14.2 Å². The topological polar surface area (TPSA) is 80.8 Å². The number of morpholine rings is 1. The van der Waals surface area contributed by atoms with Gasteiger partial charge in [-0.3, -0.25) is 4.90 Å². The summed E-state index contributed by atoms with van der Waals surface area (Å²) in [4.78, 5) is 11.0. The summed E-state index contributed by atoms with van der Waals surface area (Å²) in [6.45, 7) is 6.23. The van der Waals surface area contributed by atoms with E-state index in [9.17, 15) is 0 Å². The summed E-state index contributed by atoms with van der Waals surface area (Å²) < 4.78 is 16.0. The van der Waals surface area contributed by atoms with E-state index in [2.05, 4.69) is 25.5 Å². The summed E-state index contributed by atoms with van der Waals surface area (Å²) >= 11 is 0. The van der Waals surface area contributed by atoms with Crippen molar-refractivity contribution in [2.75, 3.05) is 70.8 Å². The van der Waals surface area contributed by atoms with Crippen molar-refractivity contribution in [1.29, 1.82) is 0 Å². The van der Waals surface area contributed by atoms with Gasteiger partial charge in [0.05, 0.1) is 27.4 Å². The van der Waals surface area contributed by atoms with Crippen LogP contribution in [0.3, 0.4) is 0 Å². The van der Waals surface area contributed by atoms with Gasteiger partial charge in [-0.15, -0.1) is 0 Å². The first kappa shape index (κ1) is 20.2. The van der Waals surface area contributed by atoms with Crippen molar-refractivity contribution in [2.24, 2.45) is 0 Å². The number of nitrogens with one attached hydrogen (secondary N) is 2. The highest BCUT2D eigenvalue weighted by molar-refractivity contribution is 5.47. The Balaban J connectivity index is 1.44. The van der Waals surface area contributed by atoms with E-state index in [-0.39, 0.29) is 0 Å². The molecule has 0 unspecified atom stereocenters. The Morgan fingerprint density at radius 3 is 2.39 bits per heavy atom. The zero-order chi connectivity index (χ0) is 19.6. The van der Waals surface area contributed by atoms with Gasteiger partial charge in [-0.2, -0.15) is 0 Å². The predicted octanol–water partition coefficient (Wildman–Crippen LogP) is 1.89. The number of hydrogen-bond acceptors (Lipinski definition) is 8. The Labute approximate surface area is 166 Å². The van der Waals surface area contributed by atoms with Gasteiger partial charge in [-0.1, -0.05) is 6.07 Å². The van der Waals surface area contributed by atoms with Crippen molar-refractivity contribution < 1.29 is 14.2 Å². The Bertz CT molecular complexity index is 738. The van der Waals surface area contributed by atoms with Gasteiger partial charge in [-0.05, 0) is 24.1 Å². The molecule has 152 valence electrons. The van der Waals surface area contributed by atoms with Crippen molar-refractivity contribution in [3.63, 3.8) is 0 Å². The van der Waals surface area contributed by atoms with E-state index >= 15 is 0 Å². The highest BCUT2D eigenvalue weighted by atomic mass is 16.5. The summed E-state index contributed by atoms with van der Waals surface area (Å²) in [5.41, 5.74) is 1.17. The van der Waals surface area contributed by atoms with Crippen molar-refractivity contribution in [3.8, 4) is 11.5 Å². The number of methoxy groups -OCH3 is 2. The molecule has 1 aliphatic rings. The minimum atomic E-state index is 0.739. The van der Waals surface area contributed by atoms with Crippen LogP contribution in [0, 0.1) is 0 Å². The van der Waals surface area contributed by atoms with Crippen molar-refractivity contribution in [1.82, 2.24) is 14.9 Å². The second-order valence-corrected chi connectivity index (χ2v) is 6.54. The minimum absolute atomic E-state index is 0.739. The quantitative estimate of drug-likeness (QED) is 0.640. The van der Waals surface area contributed by atoms with E-state index in [0.717, 1.165) is 75.5 Å². The van der Waals surface area contributed by atoms with E-state index in [1.807, 2.05) is 24.3 Å². The predicted molar refractivity (Wildman–Crippen MR) is 110 cm³/mol. The van der Waals surface area contributed by atoms with E-state index in [1.165, 1.54) is 5.56 Å². The van der Waals surface area contributed by atoms with Crippen LogP contribution in [-0.4, -0.2) is 75.0 Å². The molecule has 1 fully saturated rings.